The average Bonchev–Trinajstić information content (AvgIpc) is 2.28. The molecule has 0 amide bonds. The molecule has 1 aromatic carbocycles. The number of hydrogen-bond acceptors (Lipinski definition) is 1. The zero-order valence-corrected chi connectivity index (χ0v) is 9.26. The summed E-state index contributed by atoms with van der Waals surface area (Å²) in [4.78, 5) is 13.8. The Balaban J connectivity index is 2.53. The van der Waals surface area contributed by atoms with Gasteiger partial charge in [-0.25, -0.2) is 0 Å². The van der Waals surface area contributed by atoms with Crippen molar-refractivity contribution in [1.82, 2.24) is 0 Å². The van der Waals surface area contributed by atoms with Gasteiger partial charge in [-0.1, -0.05) is 42.0 Å². The number of hydrogen-bond donors (Lipinski definition) is 0. The lowest BCUT2D eigenvalue weighted by molar-refractivity contribution is -0.116. The summed E-state index contributed by atoms with van der Waals surface area (Å²) < 4.78 is 0. The number of ketones is 1. The van der Waals surface area contributed by atoms with Crippen molar-refractivity contribution in [3.63, 3.8) is 0 Å². The molecular formula is C13H14N2O. The molecule has 16 heavy (non-hydrogen) atoms. The molecule has 0 heterocycles. The van der Waals surface area contributed by atoms with Gasteiger partial charge in [0.05, 0.1) is 0 Å². The zero-order chi connectivity index (χ0) is 11.8. The summed E-state index contributed by atoms with van der Waals surface area (Å²) in [6.45, 7) is 1.98. The van der Waals surface area contributed by atoms with Crippen LogP contribution < -0.4 is 0 Å². The smallest absolute Gasteiger partial charge is 0.323 e. The van der Waals surface area contributed by atoms with Crippen LogP contribution in [0.4, 0.5) is 0 Å². The first-order chi connectivity index (χ1) is 7.72. The minimum Gasteiger partial charge on any atom is -0.361 e. The standard InChI is InChI=1S/C13H14N2O/c1-11(7-8-13(16)10-15-14)9-12-5-3-2-4-6-12/h2-6,9-10H,7-8H2,1H3/b11-9+. The number of allylic oxidation sites excluding steroid dienone is 1. The van der Waals surface area contributed by atoms with Gasteiger partial charge in [-0.15, -0.1) is 0 Å². The average molecular weight is 214 g/mol. The number of carbonyl (C=O) groups is 1. The lowest BCUT2D eigenvalue weighted by Gasteiger charge is -1.98. The number of benzene rings is 1. The molecule has 1 aromatic rings. The Kier molecular flexibility index (Phi) is 4.90. The maximum atomic E-state index is 11.1. The third-order valence-electron chi connectivity index (χ3n) is 2.18. The van der Waals surface area contributed by atoms with Crippen molar-refractivity contribution in [3.05, 3.63) is 47.0 Å². The molecule has 0 aliphatic heterocycles. The zero-order valence-electron chi connectivity index (χ0n) is 9.26. The summed E-state index contributed by atoms with van der Waals surface area (Å²) in [5.41, 5.74) is 10.4. The normalized spacial score (nSPS) is 10.7. The Morgan fingerprint density at radius 1 is 1.31 bits per heavy atom. The van der Waals surface area contributed by atoms with E-state index in [4.69, 9.17) is 5.53 Å². The molecule has 0 aliphatic carbocycles. The Morgan fingerprint density at radius 3 is 2.62 bits per heavy atom. The van der Waals surface area contributed by atoms with Gasteiger partial charge in [0.1, 0.15) is 0 Å². The highest BCUT2D eigenvalue weighted by molar-refractivity contribution is 6.25. The first-order valence-corrected chi connectivity index (χ1v) is 5.15. The molecule has 0 spiro atoms. The second-order valence-electron chi connectivity index (χ2n) is 3.61. The fraction of sp³-hybridized carbons (Fsp3) is 0.231. The summed E-state index contributed by atoms with van der Waals surface area (Å²) in [6.07, 6.45) is 4.04. The molecule has 82 valence electrons. The fourth-order valence-electron chi connectivity index (χ4n) is 1.36. The van der Waals surface area contributed by atoms with Crippen LogP contribution in [0.3, 0.4) is 0 Å². The largest absolute Gasteiger partial charge is 0.361 e. The van der Waals surface area contributed by atoms with E-state index in [-0.39, 0.29) is 5.78 Å². The SMILES string of the molecule is C/C(=C\c1ccccc1)CCC(=O)C=[N+]=[N-]. The van der Waals surface area contributed by atoms with Gasteiger partial charge in [0, 0.05) is 6.42 Å². The molecule has 0 aromatic heterocycles. The predicted octanol–water partition coefficient (Wildman–Crippen LogP) is 2.74. The minimum atomic E-state index is -0.164. The van der Waals surface area contributed by atoms with Crippen molar-refractivity contribution in [3.8, 4) is 0 Å². The minimum absolute atomic E-state index is 0.164. The molecule has 3 heteroatoms. The summed E-state index contributed by atoms with van der Waals surface area (Å²) >= 11 is 0. The van der Waals surface area contributed by atoms with E-state index >= 15 is 0 Å². The maximum Gasteiger partial charge on any atom is 0.323 e. The quantitative estimate of drug-likeness (QED) is 0.422. The first-order valence-electron chi connectivity index (χ1n) is 5.15. The predicted molar refractivity (Wildman–Crippen MR) is 64.0 cm³/mol. The Morgan fingerprint density at radius 2 is 2.00 bits per heavy atom. The van der Waals surface area contributed by atoms with E-state index < -0.39 is 0 Å². The van der Waals surface area contributed by atoms with Crippen molar-refractivity contribution in [2.75, 3.05) is 0 Å². The third kappa shape index (κ3) is 4.49. The van der Waals surface area contributed by atoms with Gasteiger partial charge in [-0.05, 0) is 18.9 Å². The maximum absolute atomic E-state index is 11.1. The molecule has 3 nitrogen and oxygen atoms in total. The highest BCUT2D eigenvalue weighted by Gasteiger charge is 2.02. The molecule has 0 aliphatic rings. The fourth-order valence-corrected chi connectivity index (χ4v) is 1.36. The molecule has 0 saturated carbocycles. The highest BCUT2D eigenvalue weighted by atomic mass is 16.1. The van der Waals surface area contributed by atoms with E-state index in [1.807, 2.05) is 43.3 Å². The van der Waals surface area contributed by atoms with E-state index in [9.17, 15) is 4.79 Å². The topological polar surface area (TPSA) is 53.5 Å². The Hall–Kier alpha value is -1.99. The van der Waals surface area contributed by atoms with Crippen molar-refractivity contribution < 1.29 is 9.58 Å². The van der Waals surface area contributed by atoms with Gasteiger partial charge in [0.2, 0.25) is 5.78 Å². The van der Waals surface area contributed by atoms with Crippen LogP contribution in [0.25, 0.3) is 11.6 Å². The van der Waals surface area contributed by atoms with Crippen LogP contribution >= 0.6 is 0 Å². The molecule has 1 rings (SSSR count). The van der Waals surface area contributed by atoms with Crippen LogP contribution in [0.1, 0.15) is 25.3 Å². The van der Waals surface area contributed by atoms with Gasteiger partial charge < -0.3 is 5.53 Å². The summed E-state index contributed by atoms with van der Waals surface area (Å²) in [6, 6.07) is 9.94. The van der Waals surface area contributed by atoms with E-state index in [1.54, 1.807) is 0 Å². The molecule has 0 radical (unpaired) electrons. The van der Waals surface area contributed by atoms with Crippen LogP contribution in [0.5, 0.6) is 0 Å². The van der Waals surface area contributed by atoms with Crippen LogP contribution in [0, 0.1) is 0 Å². The number of rotatable bonds is 5. The first kappa shape index (κ1) is 12.1. The Bertz CT molecular complexity index is 429. The molecule has 0 N–H and O–H groups in total. The summed E-state index contributed by atoms with van der Waals surface area (Å²) in [5.74, 6) is -0.164. The highest BCUT2D eigenvalue weighted by Crippen LogP contribution is 2.10. The van der Waals surface area contributed by atoms with Crippen molar-refractivity contribution in [2.24, 2.45) is 0 Å². The van der Waals surface area contributed by atoms with Crippen LogP contribution in [0.2, 0.25) is 0 Å². The summed E-state index contributed by atoms with van der Waals surface area (Å²) in [5, 5.41) is 0. The number of nitrogens with zero attached hydrogens (tertiary/aromatic N) is 2. The van der Waals surface area contributed by atoms with Gasteiger partial charge in [-0.2, -0.15) is 4.79 Å². The van der Waals surface area contributed by atoms with Crippen molar-refractivity contribution in [2.45, 2.75) is 19.8 Å². The van der Waals surface area contributed by atoms with Gasteiger partial charge in [-0.3, -0.25) is 4.79 Å². The molecule has 0 saturated heterocycles. The van der Waals surface area contributed by atoms with Crippen molar-refractivity contribution in [1.29, 1.82) is 0 Å². The van der Waals surface area contributed by atoms with Crippen LogP contribution in [-0.4, -0.2) is 16.8 Å². The van der Waals surface area contributed by atoms with Crippen molar-refractivity contribution >= 4 is 18.1 Å². The van der Waals surface area contributed by atoms with Gasteiger partial charge in [0.25, 0.3) is 0 Å². The van der Waals surface area contributed by atoms with E-state index in [2.05, 4.69) is 4.79 Å². The Labute approximate surface area is 95.0 Å². The number of carbonyl (C=O) groups excluding carboxylic acids is 1. The second kappa shape index (κ2) is 6.49. The lowest BCUT2D eigenvalue weighted by atomic mass is 10.1. The number of Topliss-reactive ketones (excluding diaryl/α,β-unsaturated/α-hetero) is 1. The molecule has 0 unspecified atom stereocenters. The van der Waals surface area contributed by atoms with E-state index in [0.29, 0.717) is 12.8 Å². The van der Waals surface area contributed by atoms with Crippen LogP contribution in [-0.2, 0) is 4.79 Å². The van der Waals surface area contributed by atoms with Gasteiger partial charge in [0.15, 0.2) is 0 Å². The summed E-state index contributed by atoms with van der Waals surface area (Å²) in [7, 11) is 0. The third-order valence-corrected chi connectivity index (χ3v) is 2.18. The monoisotopic (exact) mass is 214 g/mol. The lowest BCUT2D eigenvalue weighted by Crippen LogP contribution is -1.99. The van der Waals surface area contributed by atoms with Gasteiger partial charge >= 0.3 is 6.21 Å². The molecule has 0 bridgehead atoms. The molecule has 0 atom stereocenters. The van der Waals surface area contributed by atoms with E-state index in [1.165, 1.54) is 0 Å². The molecule has 0 fully saturated rings. The van der Waals surface area contributed by atoms with Crippen LogP contribution in [0.15, 0.2) is 35.9 Å². The molecular weight excluding hydrogens is 200 g/mol. The second-order valence-corrected chi connectivity index (χ2v) is 3.61. The van der Waals surface area contributed by atoms with E-state index in [0.717, 1.165) is 17.4 Å².